The van der Waals surface area contributed by atoms with Crippen LogP contribution in [0.4, 0.5) is 0 Å². The van der Waals surface area contributed by atoms with Crippen LogP contribution in [0.25, 0.3) is 0 Å². The highest BCUT2D eigenvalue weighted by Crippen LogP contribution is 2.49. The summed E-state index contributed by atoms with van der Waals surface area (Å²) < 4.78 is 26.7. The van der Waals surface area contributed by atoms with Crippen LogP contribution >= 0.6 is 0 Å². The van der Waals surface area contributed by atoms with Crippen LogP contribution in [-0.2, 0) is 22.0 Å². The van der Waals surface area contributed by atoms with E-state index in [4.69, 9.17) is 0 Å². The molecule has 2 unspecified atom stereocenters. The van der Waals surface area contributed by atoms with Gasteiger partial charge in [-0.2, -0.15) is 4.31 Å². The van der Waals surface area contributed by atoms with Crippen LogP contribution in [0.3, 0.4) is 0 Å². The number of hydrogen-bond acceptors (Lipinski definition) is 2. The first-order chi connectivity index (χ1) is 10.8. The summed E-state index contributed by atoms with van der Waals surface area (Å²) in [6, 6.07) is 20.1. The molecule has 23 heavy (non-hydrogen) atoms. The Morgan fingerprint density at radius 2 is 1.48 bits per heavy atom. The lowest BCUT2D eigenvalue weighted by molar-refractivity contribution is 0.477. The molecule has 2 aromatic rings. The zero-order valence-electron chi connectivity index (χ0n) is 13.9. The van der Waals surface area contributed by atoms with E-state index in [-0.39, 0.29) is 0 Å². The van der Waals surface area contributed by atoms with Gasteiger partial charge < -0.3 is 0 Å². The molecule has 1 fully saturated rings. The van der Waals surface area contributed by atoms with Crippen LogP contribution in [0.2, 0.25) is 0 Å². The molecule has 0 aromatic heterocycles. The van der Waals surface area contributed by atoms with Crippen molar-refractivity contribution in [3.05, 3.63) is 71.8 Å². The van der Waals surface area contributed by atoms with Gasteiger partial charge in [-0.05, 0) is 38.3 Å². The fourth-order valence-electron chi connectivity index (χ4n) is 3.01. The normalized spacial score (nSPS) is 24.4. The molecule has 0 amide bonds. The lowest BCUT2D eigenvalue weighted by atomic mass is 9.92. The van der Waals surface area contributed by atoms with Gasteiger partial charge >= 0.3 is 0 Å². The third-order valence-electron chi connectivity index (χ3n) is 4.49. The summed E-state index contributed by atoms with van der Waals surface area (Å²) in [6.07, 6.45) is 0.702. The minimum Gasteiger partial charge on any atom is -0.212 e. The number of nitrogens with zero attached hydrogens (tertiary/aromatic N) is 1. The van der Waals surface area contributed by atoms with Gasteiger partial charge in [0.2, 0.25) is 10.0 Å². The highest BCUT2D eigenvalue weighted by Gasteiger charge is 2.61. The smallest absolute Gasteiger partial charge is 0.212 e. The lowest BCUT2D eigenvalue weighted by Crippen LogP contribution is -2.37. The molecule has 0 spiro atoms. The van der Waals surface area contributed by atoms with E-state index < -0.39 is 20.3 Å². The van der Waals surface area contributed by atoms with E-state index in [1.54, 1.807) is 25.1 Å². The average molecular weight is 329 g/mol. The molecule has 3 nitrogen and oxygen atoms in total. The molecule has 2 atom stereocenters. The van der Waals surface area contributed by atoms with Crippen molar-refractivity contribution in [3.63, 3.8) is 0 Å². The predicted octanol–water partition coefficient (Wildman–Crippen LogP) is 3.57. The molecule has 3 rings (SSSR count). The standard InChI is InChI=1S/C19H23NO2S/c1-18(2,3)23(21,22)20-15-19(20,17-12-8-5-9-13-17)14-16-10-6-4-7-11-16/h4-13H,14-15H2,1-3H3. The molecule has 0 saturated carbocycles. The Balaban J connectivity index is 2.02. The Morgan fingerprint density at radius 1 is 0.957 bits per heavy atom. The van der Waals surface area contributed by atoms with Crippen LogP contribution in [0.5, 0.6) is 0 Å². The van der Waals surface area contributed by atoms with Crippen LogP contribution in [0.1, 0.15) is 31.9 Å². The Labute approximate surface area is 139 Å². The third-order valence-corrected chi connectivity index (χ3v) is 7.10. The first-order valence-corrected chi connectivity index (χ1v) is 9.33. The van der Waals surface area contributed by atoms with Gasteiger partial charge in [0, 0.05) is 6.54 Å². The molecular weight excluding hydrogens is 306 g/mol. The molecule has 122 valence electrons. The van der Waals surface area contributed by atoms with Gasteiger partial charge in [0.1, 0.15) is 0 Å². The fourth-order valence-corrected chi connectivity index (χ4v) is 4.69. The van der Waals surface area contributed by atoms with Gasteiger partial charge in [0.05, 0.1) is 10.3 Å². The van der Waals surface area contributed by atoms with Crippen molar-refractivity contribution in [3.8, 4) is 0 Å². The second-order valence-corrected chi connectivity index (χ2v) is 9.80. The molecule has 1 aliphatic rings. The van der Waals surface area contributed by atoms with Gasteiger partial charge in [-0.1, -0.05) is 60.7 Å². The number of benzene rings is 2. The number of sulfonamides is 1. The van der Waals surface area contributed by atoms with E-state index in [0.717, 1.165) is 11.1 Å². The summed E-state index contributed by atoms with van der Waals surface area (Å²) in [4.78, 5) is 0. The van der Waals surface area contributed by atoms with Gasteiger partial charge in [0.25, 0.3) is 0 Å². The highest BCUT2D eigenvalue weighted by atomic mass is 32.2. The van der Waals surface area contributed by atoms with Crippen molar-refractivity contribution in [1.82, 2.24) is 4.31 Å². The average Bonchev–Trinajstić information content (AvgIpc) is 3.24. The Bertz CT molecular complexity index is 779. The summed E-state index contributed by atoms with van der Waals surface area (Å²) in [5, 5.41) is 0. The van der Waals surface area contributed by atoms with Crippen molar-refractivity contribution in [1.29, 1.82) is 0 Å². The Morgan fingerprint density at radius 3 is 2.00 bits per heavy atom. The maximum atomic E-state index is 12.9. The lowest BCUT2D eigenvalue weighted by Gasteiger charge is -2.25. The largest absolute Gasteiger partial charge is 0.219 e. The summed E-state index contributed by atoms with van der Waals surface area (Å²) >= 11 is 0. The maximum Gasteiger partial charge on any atom is 0.219 e. The molecule has 1 saturated heterocycles. The Hall–Kier alpha value is -1.65. The van der Waals surface area contributed by atoms with Gasteiger partial charge in [-0.25, -0.2) is 8.42 Å². The second-order valence-electron chi connectivity index (χ2n) is 7.18. The van der Waals surface area contributed by atoms with E-state index in [1.807, 2.05) is 48.5 Å². The molecule has 2 aromatic carbocycles. The zero-order chi connectivity index (χ0) is 16.7. The highest BCUT2D eigenvalue weighted by molar-refractivity contribution is 7.90. The summed E-state index contributed by atoms with van der Waals surface area (Å²) in [6.45, 7) is 5.84. The topological polar surface area (TPSA) is 37.1 Å². The summed E-state index contributed by atoms with van der Waals surface area (Å²) in [7, 11) is -3.35. The first kappa shape index (κ1) is 16.2. The van der Waals surface area contributed by atoms with E-state index in [9.17, 15) is 8.42 Å². The van der Waals surface area contributed by atoms with Crippen LogP contribution in [0.15, 0.2) is 60.7 Å². The van der Waals surface area contributed by atoms with Crippen LogP contribution in [0, 0.1) is 0 Å². The van der Waals surface area contributed by atoms with E-state index in [1.165, 1.54) is 0 Å². The van der Waals surface area contributed by atoms with Crippen molar-refractivity contribution in [2.75, 3.05) is 6.54 Å². The van der Waals surface area contributed by atoms with E-state index in [2.05, 4.69) is 12.1 Å². The molecule has 0 radical (unpaired) electrons. The minimum atomic E-state index is -3.35. The molecule has 0 N–H and O–H groups in total. The van der Waals surface area contributed by atoms with Crippen molar-refractivity contribution in [2.45, 2.75) is 37.5 Å². The molecule has 1 aliphatic heterocycles. The van der Waals surface area contributed by atoms with Crippen LogP contribution < -0.4 is 0 Å². The summed E-state index contributed by atoms with van der Waals surface area (Å²) in [5.74, 6) is 0. The van der Waals surface area contributed by atoms with Gasteiger partial charge in [0.15, 0.2) is 0 Å². The Kier molecular flexibility index (Phi) is 3.85. The van der Waals surface area contributed by atoms with Gasteiger partial charge in [-0.15, -0.1) is 0 Å². The van der Waals surface area contributed by atoms with Crippen molar-refractivity contribution < 1.29 is 8.42 Å². The van der Waals surface area contributed by atoms with Gasteiger partial charge in [-0.3, -0.25) is 0 Å². The zero-order valence-corrected chi connectivity index (χ0v) is 14.7. The second kappa shape index (κ2) is 5.46. The van der Waals surface area contributed by atoms with Crippen LogP contribution in [-0.4, -0.2) is 24.0 Å². The summed E-state index contributed by atoms with van der Waals surface area (Å²) in [5.41, 5.74) is 1.77. The monoisotopic (exact) mass is 329 g/mol. The quantitative estimate of drug-likeness (QED) is 0.804. The van der Waals surface area contributed by atoms with Crippen molar-refractivity contribution in [2.24, 2.45) is 0 Å². The maximum absolute atomic E-state index is 12.9. The number of rotatable bonds is 4. The molecule has 4 heteroatoms. The fraction of sp³-hybridized carbons (Fsp3) is 0.368. The SMILES string of the molecule is CC(C)(C)S(=O)(=O)N1CC1(Cc1ccccc1)c1ccccc1. The number of hydrogen-bond donors (Lipinski definition) is 0. The third kappa shape index (κ3) is 2.81. The van der Waals surface area contributed by atoms with E-state index >= 15 is 0 Å². The van der Waals surface area contributed by atoms with E-state index in [0.29, 0.717) is 13.0 Å². The molecule has 0 bridgehead atoms. The first-order valence-electron chi connectivity index (χ1n) is 7.89. The minimum absolute atomic E-state index is 0.450. The molecular formula is C19H23NO2S. The predicted molar refractivity (Wildman–Crippen MR) is 93.6 cm³/mol. The molecule has 0 aliphatic carbocycles. The van der Waals surface area contributed by atoms with Crippen molar-refractivity contribution >= 4 is 10.0 Å². The molecule has 1 heterocycles.